The SMILES string of the molecule is Cc1c(-c2cc(O)cc3ccc(F)c(C)c23)nc2c3c(nc(OC[C@@]45CCCN4C[C@H](F)C5)nc13)N1C[C@H]3CC[C@H](N3)[C@H]1CO2. The number of piperazine rings is 1. The van der Waals surface area contributed by atoms with Crippen LogP contribution in [0.4, 0.5) is 14.6 Å². The van der Waals surface area contributed by atoms with Gasteiger partial charge in [-0.15, -0.1) is 0 Å². The van der Waals surface area contributed by atoms with Crippen LogP contribution in [0.15, 0.2) is 24.3 Å². The van der Waals surface area contributed by atoms with E-state index < -0.39 is 6.17 Å². The first-order chi connectivity index (χ1) is 21.8. The van der Waals surface area contributed by atoms with Crippen molar-refractivity contribution in [2.75, 3.05) is 37.7 Å². The highest BCUT2D eigenvalue weighted by atomic mass is 19.1. The number of aromatic nitrogens is 3. The van der Waals surface area contributed by atoms with E-state index in [9.17, 15) is 13.9 Å². The molecule has 7 heterocycles. The Bertz CT molecular complexity index is 1890. The molecule has 9 nitrogen and oxygen atoms in total. The van der Waals surface area contributed by atoms with Crippen molar-refractivity contribution < 1.29 is 23.4 Å². The van der Waals surface area contributed by atoms with E-state index in [0.717, 1.165) is 55.5 Å². The summed E-state index contributed by atoms with van der Waals surface area (Å²) in [6, 6.07) is 7.28. The summed E-state index contributed by atoms with van der Waals surface area (Å²) < 4.78 is 42.4. The van der Waals surface area contributed by atoms with Crippen molar-refractivity contribution in [1.29, 1.82) is 0 Å². The Labute approximate surface area is 259 Å². The molecule has 0 radical (unpaired) electrons. The van der Waals surface area contributed by atoms with E-state index in [0.29, 0.717) is 71.2 Å². The number of nitrogens with zero attached hydrogens (tertiary/aromatic N) is 5. The van der Waals surface area contributed by atoms with Crippen molar-refractivity contribution in [2.45, 2.75) is 75.8 Å². The number of pyridine rings is 1. The summed E-state index contributed by atoms with van der Waals surface area (Å²) in [5.41, 5.74) is 2.69. The lowest BCUT2D eigenvalue weighted by molar-refractivity contribution is 0.107. The molecule has 234 valence electrons. The van der Waals surface area contributed by atoms with Crippen molar-refractivity contribution in [3.05, 3.63) is 41.2 Å². The Morgan fingerprint density at radius 1 is 1.11 bits per heavy atom. The first kappa shape index (κ1) is 27.5. The van der Waals surface area contributed by atoms with Gasteiger partial charge < -0.3 is 24.8 Å². The van der Waals surface area contributed by atoms with Gasteiger partial charge in [-0.25, -0.2) is 13.8 Å². The third-order valence-corrected chi connectivity index (χ3v) is 11.0. The largest absolute Gasteiger partial charge is 0.508 e. The van der Waals surface area contributed by atoms with Gasteiger partial charge in [-0.1, -0.05) is 6.07 Å². The molecular formula is C34H36F2N6O3. The molecule has 5 aliphatic rings. The molecule has 2 aromatic heterocycles. The Kier molecular flexibility index (Phi) is 6.00. The Morgan fingerprint density at radius 2 is 2.00 bits per heavy atom. The van der Waals surface area contributed by atoms with E-state index in [1.165, 1.54) is 6.07 Å². The monoisotopic (exact) mass is 614 g/mol. The fourth-order valence-corrected chi connectivity index (χ4v) is 8.83. The fourth-order valence-electron chi connectivity index (χ4n) is 8.83. The summed E-state index contributed by atoms with van der Waals surface area (Å²) >= 11 is 0. The number of halogens is 2. The first-order valence-corrected chi connectivity index (χ1v) is 16.1. The summed E-state index contributed by atoms with van der Waals surface area (Å²) in [6.07, 6.45) is 3.68. The molecule has 45 heavy (non-hydrogen) atoms. The molecule has 0 amide bonds. The van der Waals surface area contributed by atoms with Gasteiger partial charge in [-0.05, 0) is 80.6 Å². The van der Waals surface area contributed by atoms with Gasteiger partial charge in [0.1, 0.15) is 42.2 Å². The summed E-state index contributed by atoms with van der Waals surface area (Å²) in [5, 5.41) is 16.6. The number of phenols is 1. The molecule has 9 rings (SSSR count). The number of hydrogen-bond donors (Lipinski definition) is 2. The zero-order valence-corrected chi connectivity index (χ0v) is 25.4. The van der Waals surface area contributed by atoms with Crippen LogP contribution in [-0.4, -0.2) is 87.6 Å². The van der Waals surface area contributed by atoms with Crippen LogP contribution in [0, 0.1) is 19.7 Å². The van der Waals surface area contributed by atoms with Gasteiger partial charge >= 0.3 is 6.01 Å². The number of aryl methyl sites for hydroxylation is 2. The van der Waals surface area contributed by atoms with Crippen molar-refractivity contribution in [3.8, 4) is 28.9 Å². The lowest BCUT2D eigenvalue weighted by atomic mass is 9.94. The minimum absolute atomic E-state index is 0.0524. The van der Waals surface area contributed by atoms with Crippen LogP contribution in [0.2, 0.25) is 0 Å². The number of benzene rings is 2. The molecule has 0 unspecified atom stereocenters. The number of fused-ring (bicyclic) bond motifs is 7. The number of nitrogens with one attached hydrogen (secondary N) is 1. The average Bonchev–Trinajstić information content (AvgIpc) is 3.65. The predicted octanol–water partition coefficient (Wildman–Crippen LogP) is 4.96. The van der Waals surface area contributed by atoms with Crippen molar-refractivity contribution in [3.63, 3.8) is 0 Å². The molecule has 0 spiro atoms. The molecule has 2 N–H and O–H groups in total. The van der Waals surface area contributed by atoms with Gasteiger partial charge in [0, 0.05) is 42.7 Å². The molecular weight excluding hydrogens is 578 g/mol. The maximum absolute atomic E-state index is 14.9. The van der Waals surface area contributed by atoms with Crippen LogP contribution >= 0.6 is 0 Å². The van der Waals surface area contributed by atoms with Crippen LogP contribution in [0.5, 0.6) is 17.6 Å². The average molecular weight is 615 g/mol. The van der Waals surface area contributed by atoms with Crippen molar-refractivity contribution >= 4 is 27.5 Å². The molecule has 0 saturated carbocycles. The number of phenolic OH excluding ortho intramolecular Hbond substituents is 1. The number of rotatable bonds is 4. The topological polar surface area (TPSA) is 95.9 Å². The minimum atomic E-state index is -0.853. The lowest BCUT2D eigenvalue weighted by Crippen LogP contribution is -2.60. The van der Waals surface area contributed by atoms with Gasteiger partial charge in [-0.3, -0.25) is 4.90 Å². The molecule has 2 bridgehead atoms. The van der Waals surface area contributed by atoms with Crippen LogP contribution in [-0.2, 0) is 0 Å². The predicted molar refractivity (Wildman–Crippen MR) is 166 cm³/mol. The quantitative estimate of drug-likeness (QED) is 0.331. The summed E-state index contributed by atoms with van der Waals surface area (Å²) in [7, 11) is 0. The third-order valence-electron chi connectivity index (χ3n) is 11.0. The molecule has 5 aliphatic heterocycles. The number of alkyl halides is 1. The number of ether oxygens (including phenoxy) is 2. The van der Waals surface area contributed by atoms with E-state index in [1.807, 2.05) is 6.92 Å². The molecule has 4 fully saturated rings. The highest BCUT2D eigenvalue weighted by molar-refractivity contribution is 6.04. The normalized spacial score (nSPS) is 28.8. The van der Waals surface area contributed by atoms with Gasteiger partial charge in [-0.2, -0.15) is 9.97 Å². The molecule has 5 atom stereocenters. The molecule has 2 aromatic carbocycles. The number of hydrogen-bond acceptors (Lipinski definition) is 9. The highest BCUT2D eigenvalue weighted by Crippen LogP contribution is 2.46. The van der Waals surface area contributed by atoms with E-state index >= 15 is 0 Å². The molecule has 4 aromatic rings. The summed E-state index contributed by atoms with van der Waals surface area (Å²) in [4.78, 5) is 19.7. The number of aromatic hydroxyl groups is 1. The van der Waals surface area contributed by atoms with E-state index in [-0.39, 0.29) is 35.2 Å². The second-order valence-electron chi connectivity index (χ2n) is 13.6. The van der Waals surface area contributed by atoms with Crippen LogP contribution in [0.1, 0.15) is 43.2 Å². The molecule has 4 saturated heterocycles. The fraction of sp³-hybridized carbons (Fsp3) is 0.500. The Morgan fingerprint density at radius 3 is 2.89 bits per heavy atom. The molecule has 0 aliphatic carbocycles. The number of anilines is 1. The highest BCUT2D eigenvalue weighted by Gasteiger charge is 2.50. The standard InChI is InChI=1S/C34H36F2N6O3/c1-17-24(36)6-4-19-10-22(43)11-23(27(17)19)29-18(2)30-28-31(42-14-21-5-7-25(37-21)26(42)15-44-32(28)38-29)40-33(39-30)45-16-34-8-3-9-41(34)13-20(35)12-34/h4,6,10-11,20-21,25-26,37,43H,3,5,7-9,12-16H2,1-2H3/t20-,21-,25+,26-,34+/m1/s1. The second-order valence-corrected chi connectivity index (χ2v) is 13.6. The van der Waals surface area contributed by atoms with Crippen LogP contribution < -0.4 is 19.7 Å². The third kappa shape index (κ3) is 4.12. The first-order valence-electron chi connectivity index (χ1n) is 16.1. The van der Waals surface area contributed by atoms with Crippen LogP contribution in [0.3, 0.4) is 0 Å². The van der Waals surface area contributed by atoms with E-state index in [2.05, 4.69) is 15.1 Å². The zero-order valence-electron chi connectivity index (χ0n) is 25.4. The maximum atomic E-state index is 14.9. The zero-order chi connectivity index (χ0) is 30.6. The smallest absolute Gasteiger partial charge is 0.319 e. The van der Waals surface area contributed by atoms with E-state index in [1.54, 1.807) is 25.1 Å². The van der Waals surface area contributed by atoms with E-state index in [4.69, 9.17) is 24.4 Å². The van der Waals surface area contributed by atoms with Gasteiger partial charge in [0.2, 0.25) is 5.88 Å². The molecule has 11 heteroatoms. The lowest BCUT2D eigenvalue weighted by Gasteiger charge is -2.40. The van der Waals surface area contributed by atoms with Crippen molar-refractivity contribution in [2.24, 2.45) is 0 Å². The van der Waals surface area contributed by atoms with Crippen LogP contribution in [0.25, 0.3) is 32.9 Å². The van der Waals surface area contributed by atoms with Gasteiger partial charge in [0.05, 0.1) is 22.8 Å². The Balaban J connectivity index is 1.24. The summed E-state index contributed by atoms with van der Waals surface area (Å²) in [6.45, 7) is 6.54. The minimum Gasteiger partial charge on any atom is -0.508 e. The second kappa shape index (κ2) is 9.83. The maximum Gasteiger partial charge on any atom is 0.319 e. The van der Waals surface area contributed by atoms with Crippen molar-refractivity contribution in [1.82, 2.24) is 25.2 Å². The van der Waals surface area contributed by atoms with Gasteiger partial charge in [0.15, 0.2) is 0 Å². The van der Waals surface area contributed by atoms with Gasteiger partial charge in [0.25, 0.3) is 0 Å². The Hall–Kier alpha value is -3.83. The summed E-state index contributed by atoms with van der Waals surface area (Å²) in [5.74, 6) is 0.891.